The number of carbonyl (C=O) groups excluding carboxylic acids is 3. The van der Waals surface area contributed by atoms with Gasteiger partial charge in [0.05, 0.1) is 11.5 Å². The second-order valence-corrected chi connectivity index (χ2v) is 9.19. The zero-order chi connectivity index (χ0) is 24.2. The van der Waals surface area contributed by atoms with Crippen molar-refractivity contribution in [1.82, 2.24) is 5.32 Å². The van der Waals surface area contributed by atoms with Gasteiger partial charge in [0.1, 0.15) is 22.8 Å². The van der Waals surface area contributed by atoms with Crippen LogP contribution in [-0.4, -0.2) is 53.4 Å². The summed E-state index contributed by atoms with van der Waals surface area (Å²) >= 11 is 0. The van der Waals surface area contributed by atoms with Crippen LogP contribution in [0, 0.1) is 17.8 Å². The Morgan fingerprint density at radius 3 is 2.52 bits per heavy atom. The minimum atomic E-state index is -1.11. The Morgan fingerprint density at radius 1 is 1.21 bits per heavy atom. The lowest BCUT2D eigenvalue weighted by molar-refractivity contribution is -0.126. The summed E-state index contributed by atoms with van der Waals surface area (Å²) in [6, 6.07) is 1.86. The molecule has 176 valence electrons. The Balaban J connectivity index is 1.86. The molecule has 0 spiro atoms. The number of nitrogens with one attached hydrogen (secondary N) is 1. The van der Waals surface area contributed by atoms with Gasteiger partial charge in [0.25, 0.3) is 5.91 Å². The number of Topliss-reactive ketones (excluding diaryl/α,β-unsaturated/α-hetero) is 2. The molecule has 0 heterocycles. The smallest absolute Gasteiger partial charge is 0.255 e. The van der Waals surface area contributed by atoms with Gasteiger partial charge in [0, 0.05) is 43.9 Å². The molecule has 6 N–H and O–H groups in total. The number of ketones is 2. The van der Waals surface area contributed by atoms with E-state index in [0.29, 0.717) is 37.1 Å². The van der Waals surface area contributed by atoms with E-state index in [1.165, 1.54) is 0 Å². The number of benzene rings is 1. The number of hydrogen-bond donors (Lipinski definition) is 5. The number of aromatic hydroxyl groups is 1. The monoisotopic (exact) mass is 455 g/mol. The van der Waals surface area contributed by atoms with Crippen molar-refractivity contribution in [2.24, 2.45) is 23.5 Å². The average molecular weight is 456 g/mol. The van der Waals surface area contributed by atoms with Crippen LogP contribution in [0.2, 0.25) is 0 Å². The highest BCUT2D eigenvalue weighted by atomic mass is 16.3. The number of allylic oxidation sites excluding steroid dienone is 3. The van der Waals surface area contributed by atoms with E-state index in [1.807, 2.05) is 32.0 Å². The summed E-state index contributed by atoms with van der Waals surface area (Å²) in [6.07, 6.45) is 0.800. The van der Waals surface area contributed by atoms with Crippen molar-refractivity contribution in [3.05, 3.63) is 45.4 Å². The first-order chi connectivity index (χ1) is 15.6. The zero-order valence-corrected chi connectivity index (χ0v) is 18.9. The van der Waals surface area contributed by atoms with Crippen LogP contribution >= 0.6 is 0 Å². The summed E-state index contributed by atoms with van der Waals surface area (Å²) in [7, 11) is 3.73. The second kappa shape index (κ2) is 8.22. The van der Waals surface area contributed by atoms with Crippen LogP contribution in [0.25, 0.3) is 0 Å². The molecule has 0 aromatic heterocycles. The summed E-state index contributed by atoms with van der Waals surface area (Å²) in [5.74, 6) is -5.15. The van der Waals surface area contributed by atoms with Gasteiger partial charge in [-0.1, -0.05) is 6.92 Å². The van der Waals surface area contributed by atoms with E-state index in [2.05, 4.69) is 5.32 Å². The lowest BCUT2D eigenvalue weighted by Gasteiger charge is -2.41. The summed E-state index contributed by atoms with van der Waals surface area (Å²) in [5, 5.41) is 35.5. The number of phenols is 1. The number of nitrogens with two attached hydrogens (primary N) is 1. The molecular weight excluding hydrogens is 426 g/mol. The fraction of sp³-hybridized carbons (Fsp3) is 0.458. The quantitative estimate of drug-likeness (QED) is 0.420. The van der Waals surface area contributed by atoms with Gasteiger partial charge in [-0.25, -0.2) is 0 Å². The average Bonchev–Trinajstić information content (AvgIpc) is 2.71. The number of fused-ring (bicyclic) bond motifs is 3. The van der Waals surface area contributed by atoms with Crippen LogP contribution in [0.15, 0.2) is 28.7 Å². The molecule has 4 rings (SSSR count). The molecule has 9 nitrogen and oxygen atoms in total. The van der Waals surface area contributed by atoms with E-state index >= 15 is 0 Å². The number of aliphatic hydroxyl groups excluding tert-OH is 2. The molecule has 9 heteroatoms. The molecule has 0 fully saturated rings. The van der Waals surface area contributed by atoms with E-state index in [1.54, 1.807) is 0 Å². The molecule has 0 bridgehead atoms. The number of hydrogen-bond acceptors (Lipinski definition) is 8. The van der Waals surface area contributed by atoms with Crippen molar-refractivity contribution in [2.75, 3.05) is 25.5 Å². The number of nitrogens with zero attached hydrogens (tertiary/aromatic N) is 1. The minimum absolute atomic E-state index is 0.0248. The van der Waals surface area contributed by atoms with Crippen LogP contribution in [0.3, 0.4) is 0 Å². The molecule has 3 aliphatic carbocycles. The highest BCUT2D eigenvalue weighted by molar-refractivity contribution is 6.22. The normalized spacial score (nSPS) is 24.4. The molecule has 0 radical (unpaired) electrons. The Morgan fingerprint density at radius 2 is 1.91 bits per heavy atom. The Hall–Kier alpha value is -3.33. The van der Waals surface area contributed by atoms with Gasteiger partial charge in [-0.2, -0.15) is 0 Å². The lowest BCUT2D eigenvalue weighted by atomic mass is 9.62. The van der Waals surface area contributed by atoms with Crippen LogP contribution in [0.4, 0.5) is 5.69 Å². The van der Waals surface area contributed by atoms with Gasteiger partial charge >= 0.3 is 0 Å². The van der Waals surface area contributed by atoms with E-state index < -0.39 is 34.9 Å². The third kappa shape index (κ3) is 3.47. The lowest BCUT2D eigenvalue weighted by Crippen LogP contribution is -2.43. The Kier molecular flexibility index (Phi) is 5.69. The third-order valence-electron chi connectivity index (χ3n) is 6.99. The number of amides is 1. The highest BCUT2D eigenvalue weighted by Crippen LogP contribution is 2.51. The molecule has 3 aliphatic rings. The van der Waals surface area contributed by atoms with Crippen LogP contribution in [0.1, 0.15) is 41.3 Å². The van der Waals surface area contributed by atoms with Gasteiger partial charge in [-0.3, -0.25) is 14.4 Å². The van der Waals surface area contributed by atoms with Crippen LogP contribution < -0.4 is 16.0 Å². The van der Waals surface area contributed by atoms with Crippen LogP contribution in [0.5, 0.6) is 5.75 Å². The second-order valence-electron chi connectivity index (χ2n) is 9.19. The summed E-state index contributed by atoms with van der Waals surface area (Å²) in [5.41, 5.74) is 7.07. The molecule has 33 heavy (non-hydrogen) atoms. The van der Waals surface area contributed by atoms with Crippen molar-refractivity contribution < 1.29 is 29.7 Å². The molecule has 1 aromatic rings. The molecule has 3 unspecified atom stereocenters. The molecule has 0 saturated carbocycles. The maximum absolute atomic E-state index is 13.7. The number of primary amides is 1. The van der Waals surface area contributed by atoms with Crippen molar-refractivity contribution in [3.8, 4) is 5.75 Å². The topological polar surface area (TPSA) is 153 Å². The van der Waals surface area contributed by atoms with Crippen molar-refractivity contribution in [3.63, 3.8) is 0 Å². The van der Waals surface area contributed by atoms with E-state index in [4.69, 9.17) is 5.73 Å². The predicted octanol–water partition coefficient (Wildman–Crippen LogP) is 1.64. The predicted molar refractivity (Wildman–Crippen MR) is 121 cm³/mol. The fourth-order valence-electron chi connectivity index (χ4n) is 5.54. The first kappa shape index (κ1) is 22.8. The number of anilines is 1. The number of rotatable bonds is 5. The summed E-state index contributed by atoms with van der Waals surface area (Å²) < 4.78 is 0. The number of aliphatic hydroxyl groups is 2. The van der Waals surface area contributed by atoms with Gasteiger partial charge in [0.2, 0.25) is 0 Å². The maximum Gasteiger partial charge on any atom is 0.255 e. The molecule has 1 aromatic carbocycles. The molecule has 0 aliphatic heterocycles. The van der Waals surface area contributed by atoms with Gasteiger partial charge in [-0.05, 0) is 42.9 Å². The molecule has 0 saturated heterocycles. The van der Waals surface area contributed by atoms with Gasteiger partial charge in [-0.15, -0.1) is 0 Å². The summed E-state index contributed by atoms with van der Waals surface area (Å²) in [4.78, 5) is 40.2. The Labute approximate surface area is 191 Å². The van der Waals surface area contributed by atoms with Gasteiger partial charge < -0.3 is 31.3 Å². The van der Waals surface area contributed by atoms with Gasteiger partial charge in [0.15, 0.2) is 11.6 Å². The van der Waals surface area contributed by atoms with E-state index in [9.17, 15) is 29.7 Å². The largest absolute Gasteiger partial charge is 0.511 e. The maximum atomic E-state index is 13.7. The van der Waals surface area contributed by atoms with Crippen molar-refractivity contribution in [1.29, 1.82) is 0 Å². The molecule has 3 atom stereocenters. The SMILES string of the molecule is CCNCc1cc(N(C)C)c2c(c1O)C(=O)C1=C(O)C3C(=O)C(C(N)=O)=C(O)CC3CC1C2. The standard InChI is InChI=1S/C24H29N3O6/c1-4-26-9-12-7-14(27(2)3)13-6-10-5-11-8-15(28)19(24(25)33)23(32)17(11)21(30)16(10)22(31)18(13)20(12)29/h7,10-11,17,26,28-30H,4-6,8-9H2,1-3H3,(H2,25,33). The van der Waals surface area contributed by atoms with Crippen molar-refractivity contribution >= 4 is 23.2 Å². The van der Waals surface area contributed by atoms with E-state index in [-0.39, 0.29) is 40.7 Å². The summed E-state index contributed by atoms with van der Waals surface area (Å²) in [6.45, 7) is 2.99. The zero-order valence-electron chi connectivity index (χ0n) is 18.9. The highest BCUT2D eigenvalue weighted by Gasteiger charge is 2.50. The minimum Gasteiger partial charge on any atom is -0.511 e. The number of phenolic OH excluding ortho intramolecular Hbond substituents is 1. The van der Waals surface area contributed by atoms with E-state index in [0.717, 1.165) is 5.69 Å². The first-order valence-corrected chi connectivity index (χ1v) is 11.1. The molecular formula is C24H29N3O6. The molecule has 1 amide bonds. The fourth-order valence-corrected chi connectivity index (χ4v) is 5.54. The van der Waals surface area contributed by atoms with Crippen molar-refractivity contribution in [2.45, 2.75) is 32.7 Å². The number of carbonyl (C=O) groups is 3. The third-order valence-corrected chi connectivity index (χ3v) is 6.99. The first-order valence-electron chi connectivity index (χ1n) is 11.1. The Bertz CT molecular complexity index is 1130. The van der Waals surface area contributed by atoms with Crippen LogP contribution in [-0.2, 0) is 22.6 Å².